The van der Waals surface area contributed by atoms with Crippen LogP contribution in [0, 0.1) is 0 Å². The zero-order valence-electron chi connectivity index (χ0n) is 6.71. The second-order valence-electron chi connectivity index (χ2n) is 3.05. The summed E-state index contributed by atoms with van der Waals surface area (Å²) in [5.41, 5.74) is -1.28. The lowest BCUT2D eigenvalue weighted by molar-refractivity contribution is -0.159. The molecule has 1 radical (unpaired) electrons. The number of carboxylic acid groups (broad SMARTS) is 1. The molecule has 0 heterocycles. The molecule has 12 heavy (non-hydrogen) atoms. The Bertz CT molecular complexity index is 181. The Morgan fingerprint density at radius 2 is 1.92 bits per heavy atom. The van der Waals surface area contributed by atoms with Crippen LogP contribution in [0.15, 0.2) is 0 Å². The molecule has 1 aliphatic carbocycles. The number of carboxylic acids is 1. The first kappa shape index (κ1) is 9.03. The Kier molecular flexibility index (Phi) is 2.68. The van der Waals surface area contributed by atoms with Crippen LogP contribution in [0.3, 0.4) is 0 Å². The average molecular weight is 171 g/mol. The predicted octanol–water partition coefficient (Wildman–Crippen LogP) is 0.858. The second kappa shape index (κ2) is 3.56. The predicted molar refractivity (Wildman–Crippen MR) is 40.2 cm³/mol. The lowest BCUT2D eigenvalue weighted by atomic mass is 9.85. The zero-order chi connectivity index (χ0) is 9.03. The molecule has 67 valence electrons. The second-order valence-corrected chi connectivity index (χ2v) is 3.05. The van der Waals surface area contributed by atoms with Crippen LogP contribution in [-0.4, -0.2) is 23.1 Å². The molecule has 0 aliphatic heterocycles. The number of carbonyl (C=O) groups excluding carboxylic acids is 1. The fraction of sp³-hybridized carbons (Fsp3) is 0.750. The minimum atomic E-state index is -1.28. The van der Waals surface area contributed by atoms with Gasteiger partial charge in [0, 0.05) is 0 Å². The number of hydrogen-bond acceptors (Lipinski definition) is 3. The molecule has 4 heteroatoms. The fourth-order valence-corrected chi connectivity index (χ4v) is 1.56. The molecule has 0 aromatic carbocycles. The first-order valence-electron chi connectivity index (χ1n) is 4.00. The summed E-state index contributed by atoms with van der Waals surface area (Å²) in [5.74, 6) is -1.05. The van der Waals surface area contributed by atoms with E-state index in [0.29, 0.717) is 12.8 Å². The fourth-order valence-electron chi connectivity index (χ4n) is 1.56. The number of hydrogen-bond donors (Lipinski definition) is 1. The molecule has 0 aromatic heterocycles. The summed E-state index contributed by atoms with van der Waals surface area (Å²) >= 11 is 0. The van der Waals surface area contributed by atoms with Crippen molar-refractivity contribution < 1.29 is 19.4 Å². The van der Waals surface area contributed by atoms with Gasteiger partial charge in [0.2, 0.25) is 5.60 Å². The third kappa shape index (κ3) is 1.57. The van der Waals surface area contributed by atoms with E-state index in [1.165, 1.54) is 6.47 Å². The summed E-state index contributed by atoms with van der Waals surface area (Å²) in [7, 11) is 0. The Hall–Kier alpha value is -1.06. The zero-order valence-corrected chi connectivity index (χ0v) is 6.71. The molecule has 0 saturated heterocycles. The maximum atomic E-state index is 10.8. The minimum absolute atomic E-state index is 0.414. The van der Waals surface area contributed by atoms with E-state index in [1.54, 1.807) is 0 Å². The summed E-state index contributed by atoms with van der Waals surface area (Å²) < 4.78 is 4.53. The van der Waals surface area contributed by atoms with Gasteiger partial charge >= 0.3 is 12.4 Å². The summed E-state index contributed by atoms with van der Waals surface area (Å²) in [6.07, 6.45) is 3.44. The van der Waals surface area contributed by atoms with E-state index in [-0.39, 0.29) is 0 Å². The Morgan fingerprint density at radius 1 is 1.33 bits per heavy atom. The van der Waals surface area contributed by atoms with Crippen LogP contribution in [0.25, 0.3) is 0 Å². The van der Waals surface area contributed by atoms with Crippen LogP contribution in [0.4, 0.5) is 0 Å². The number of ether oxygens (including phenoxy) is 1. The van der Waals surface area contributed by atoms with Gasteiger partial charge in [-0.05, 0) is 25.7 Å². The molecule has 0 amide bonds. The molecule has 4 nitrogen and oxygen atoms in total. The maximum Gasteiger partial charge on any atom is 0.418 e. The molecule has 1 aliphatic rings. The van der Waals surface area contributed by atoms with Crippen molar-refractivity contribution in [3.05, 3.63) is 0 Å². The van der Waals surface area contributed by atoms with Crippen molar-refractivity contribution in [2.24, 2.45) is 0 Å². The topological polar surface area (TPSA) is 63.6 Å². The Labute approximate surface area is 70.5 Å². The van der Waals surface area contributed by atoms with Gasteiger partial charge in [-0.3, -0.25) is 0 Å². The van der Waals surface area contributed by atoms with Crippen molar-refractivity contribution in [3.63, 3.8) is 0 Å². The van der Waals surface area contributed by atoms with E-state index in [0.717, 1.165) is 19.3 Å². The van der Waals surface area contributed by atoms with Gasteiger partial charge < -0.3 is 9.84 Å². The largest absolute Gasteiger partial charge is 0.478 e. The SMILES string of the molecule is O=[C]OC1(C(=O)O)CCCCC1. The number of rotatable bonds is 3. The van der Waals surface area contributed by atoms with Gasteiger partial charge in [0.15, 0.2) is 0 Å². The van der Waals surface area contributed by atoms with Crippen molar-refractivity contribution in [1.82, 2.24) is 0 Å². The summed E-state index contributed by atoms with van der Waals surface area (Å²) in [6.45, 7) is 1.23. The molecule has 1 rings (SSSR count). The molecule has 0 bridgehead atoms. The first-order chi connectivity index (χ1) is 5.71. The van der Waals surface area contributed by atoms with Gasteiger partial charge in [-0.25, -0.2) is 9.59 Å². The number of carbonyl (C=O) groups is 1. The third-order valence-electron chi connectivity index (χ3n) is 2.29. The van der Waals surface area contributed by atoms with Gasteiger partial charge in [-0.1, -0.05) is 6.42 Å². The lowest BCUT2D eigenvalue weighted by Crippen LogP contribution is -2.43. The van der Waals surface area contributed by atoms with Crippen molar-refractivity contribution in [1.29, 1.82) is 0 Å². The van der Waals surface area contributed by atoms with Gasteiger partial charge in [-0.15, -0.1) is 0 Å². The number of aliphatic carboxylic acids is 1. The monoisotopic (exact) mass is 171 g/mol. The highest BCUT2D eigenvalue weighted by molar-refractivity contribution is 5.78. The average Bonchev–Trinajstić information content (AvgIpc) is 2.06. The van der Waals surface area contributed by atoms with Crippen LogP contribution in [0.5, 0.6) is 0 Å². The van der Waals surface area contributed by atoms with Gasteiger partial charge in [0.1, 0.15) is 0 Å². The quantitative estimate of drug-likeness (QED) is 0.683. The van der Waals surface area contributed by atoms with Crippen molar-refractivity contribution in [2.45, 2.75) is 37.7 Å². The van der Waals surface area contributed by atoms with Crippen molar-refractivity contribution in [3.8, 4) is 0 Å². The molecule has 0 unspecified atom stereocenters. The van der Waals surface area contributed by atoms with Gasteiger partial charge in [0.25, 0.3) is 0 Å². The van der Waals surface area contributed by atoms with Gasteiger partial charge in [0.05, 0.1) is 0 Å². The van der Waals surface area contributed by atoms with Crippen LogP contribution in [-0.2, 0) is 14.3 Å². The van der Waals surface area contributed by atoms with E-state index >= 15 is 0 Å². The Morgan fingerprint density at radius 3 is 2.33 bits per heavy atom. The lowest BCUT2D eigenvalue weighted by Gasteiger charge is -2.30. The van der Waals surface area contributed by atoms with Gasteiger partial charge in [-0.2, -0.15) is 0 Å². The Balaban J connectivity index is 2.69. The summed E-state index contributed by atoms with van der Waals surface area (Å²) in [4.78, 5) is 20.7. The standard InChI is InChI=1S/C8H11O4/c9-6-12-8(7(10)11)4-2-1-3-5-8/h1-5H2,(H,10,11). The molecular weight excluding hydrogens is 160 g/mol. The summed E-state index contributed by atoms with van der Waals surface area (Å²) in [5, 5.41) is 8.82. The molecule has 0 atom stereocenters. The highest BCUT2D eigenvalue weighted by atomic mass is 16.6. The molecular formula is C8H11O4. The molecule has 1 N–H and O–H groups in total. The molecule has 1 fully saturated rings. The van der Waals surface area contributed by atoms with E-state index < -0.39 is 11.6 Å². The minimum Gasteiger partial charge on any atom is -0.478 e. The van der Waals surface area contributed by atoms with E-state index in [1.807, 2.05) is 0 Å². The normalized spacial score (nSPS) is 21.3. The smallest absolute Gasteiger partial charge is 0.418 e. The van der Waals surface area contributed by atoms with Crippen LogP contribution in [0.2, 0.25) is 0 Å². The van der Waals surface area contributed by atoms with Crippen LogP contribution < -0.4 is 0 Å². The van der Waals surface area contributed by atoms with E-state index in [4.69, 9.17) is 5.11 Å². The molecule has 1 saturated carbocycles. The third-order valence-corrected chi connectivity index (χ3v) is 2.29. The van der Waals surface area contributed by atoms with E-state index in [2.05, 4.69) is 4.74 Å². The van der Waals surface area contributed by atoms with Crippen LogP contribution in [0.1, 0.15) is 32.1 Å². The highest BCUT2D eigenvalue weighted by Crippen LogP contribution is 2.31. The maximum absolute atomic E-state index is 10.8. The summed E-state index contributed by atoms with van der Waals surface area (Å²) in [6, 6.07) is 0. The van der Waals surface area contributed by atoms with Crippen molar-refractivity contribution in [2.75, 3.05) is 0 Å². The molecule has 0 spiro atoms. The first-order valence-corrected chi connectivity index (χ1v) is 4.00. The van der Waals surface area contributed by atoms with Crippen molar-refractivity contribution >= 4 is 12.4 Å². The molecule has 0 aromatic rings. The van der Waals surface area contributed by atoms with Crippen LogP contribution >= 0.6 is 0 Å². The highest BCUT2D eigenvalue weighted by Gasteiger charge is 2.41. The van der Waals surface area contributed by atoms with E-state index in [9.17, 15) is 9.59 Å².